The molecule has 0 radical (unpaired) electrons. The smallest absolute Gasteiger partial charge is 0.360 e. The fourth-order valence-electron chi connectivity index (χ4n) is 1.58. The Bertz CT molecular complexity index is 546. The molecule has 0 saturated heterocycles. The Morgan fingerprint density at radius 3 is 2.68 bits per heavy atom. The van der Waals surface area contributed by atoms with E-state index in [2.05, 4.69) is 17.2 Å². The van der Waals surface area contributed by atoms with E-state index in [1.165, 1.54) is 11.8 Å². The van der Waals surface area contributed by atoms with E-state index < -0.39 is 5.97 Å². The summed E-state index contributed by atoms with van der Waals surface area (Å²) in [6, 6.07) is 8.20. The van der Waals surface area contributed by atoms with E-state index in [1.807, 2.05) is 24.3 Å². The van der Waals surface area contributed by atoms with Crippen LogP contribution in [0.15, 0.2) is 34.9 Å². The Labute approximate surface area is 111 Å². The van der Waals surface area contributed by atoms with Crippen molar-refractivity contribution >= 4 is 17.7 Å². The van der Waals surface area contributed by atoms with Crippen LogP contribution < -0.4 is 5.32 Å². The van der Waals surface area contributed by atoms with E-state index >= 15 is 0 Å². The van der Waals surface area contributed by atoms with Crippen molar-refractivity contribution in [3.05, 3.63) is 41.8 Å². The van der Waals surface area contributed by atoms with Crippen LogP contribution in [0.1, 0.15) is 29.9 Å². The number of benzene rings is 1. The van der Waals surface area contributed by atoms with Gasteiger partial charge in [-0.05, 0) is 31.0 Å². The molecule has 0 fully saturated rings. The highest BCUT2D eigenvalue weighted by atomic mass is 16.5. The fourth-order valence-corrected chi connectivity index (χ4v) is 1.58. The lowest BCUT2D eigenvalue weighted by atomic mass is 10.1. The summed E-state index contributed by atoms with van der Waals surface area (Å²) in [5.41, 5.74) is 2.27. The number of esters is 1. The highest BCUT2D eigenvalue weighted by Crippen LogP contribution is 2.17. The number of aromatic nitrogens is 1. The number of carbonyl (C=O) groups excluding carboxylic acids is 1. The lowest BCUT2D eigenvalue weighted by Gasteiger charge is -2.02. The number of oxazole rings is 1. The van der Waals surface area contributed by atoms with Crippen LogP contribution in [-0.4, -0.2) is 17.6 Å². The summed E-state index contributed by atoms with van der Waals surface area (Å²) in [5, 5.41) is 2.99. The quantitative estimate of drug-likeness (QED) is 0.836. The van der Waals surface area contributed by atoms with Crippen molar-refractivity contribution in [1.82, 2.24) is 4.98 Å². The summed E-state index contributed by atoms with van der Waals surface area (Å²) in [5.74, 6) is -0.486. The Hall–Kier alpha value is -2.30. The first kappa shape index (κ1) is 13.1. The fraction of sp³-hybridized carbons (Fsp3) is 0.286. The van der Waals surface area contributed by atoms with E-state index in [9.17, 15) is 4.79 Å². The average Bonchev–Trinajstić information content (AvgIpc) is 2.88. The third-order valence-corrected chi connectivity index (χ3v) is 2.60. The van der Waals surface area contributed by atoms with Crippen LogP contribution in [0.25, 0.3) is 0 Å². The number of nitrogens with zero attached hydrogens (tertiary/aromatic N) is 1. The predicted molar refractivity (Wildman–Crippen MR) is 71.6 cm³/mol. The number of ether oxygens (including phenoxy) is 1. The van der Waals surface area contributed by atoms with Crippen LogP contribution >= 0.6 is 0 Å². The van der Waals surface area contributed by atoms with Gasteiger partial charge < -0.3 is 14.5 Å². The van der Waals surface area contributed by atoms with Crippen molar-refractivity contribution in [2.75, 3.05) is 11.9 Å². The minimum Gasteiger partial charge on any atom is -0.461 e. The molecule has 19 heavy (non-hydrogen) atoms. The van der Waals surface area contributed by atoms with Crippen LogP contribution in [0, 0.1) is 0 Å². The van der Waals surface area contributed by atoms with Crippen molar-refractivity contribution < 1.29 is 13.9 Å². The van der Waals surface area contributed by atoms with Gasteiger partial charge in [0.1, 0.15) is 6.26 Å². The topological polar surface area (TPSA) is 64.4 Å². The summed E-state index contributed by atoms with van der Waals surface area (Å²) >= 11 is 0. The van der Waals surface area contributed by atoms with Crippen LogP contribution in [0.5, 0.6) is 0 Å². The van der Waals surface area contributed by atoms with E-state index in [1.54, 1.807) is 6.92 Å². The van der Waals surface area contributed by atoms with Crippen molar-refractivity contribution in [3.8, 4) is 0 Å². The van der Waals surface area contributed by atoms with E-state index in [0.717, 1.165) is 12.1 Å². The van der Waals surface area contributed by atoms with Crippen LogP contribution in [0.2, 0.25) is 0 Å². The SMILES string of the molecule is CCOC(=O)c1coc(Nc2ccc(CC)cc2)n1. The number of aryl methyl sites for hydroxylation is 1. The number of hydrogen-bond donors (Lipinski definition) is 1. The van der Waals surface area contributed by atoms with E-state index in [4.69, 9.17) is 9.15 Å². The molecule has 1 aromatic heterocycles. The van der Waals surface area contributed by atoms with Gasteiger partial charge in [-0.1, -0.05) is 19.1 Å². The van der Waals surface area contributed by atoms with Gasteiger partial charge in [-0.25, -0.2) is 4.79 Å². The second kappa shape index (κ2) is 6.04. The number of carbonyl (C=O) groups is 1. The zero-order valence-electron chi connectivity index (χ0n) is 11.0. The van der Waals surface area contributed by atoms with Crippen molar-refractivity contribution in [3.63, 3.8) is 0 Å². The van der Waals surface area contributed by atoms with Gasteiger partial charge in [0.15, 0.2) is 5.69 Å². The Kier molecular flexibility index (Phi) is 4.18. The lowest BCUT2D eigenvalue weighted by molar-refractivity contribution is 0.0519. The summed E-state index contributed by atoms with van der Waals surface area (Å²) in [7, 11) is 0. The van der Waals surface area contributed by atoms with Gasteiger partial charge in [-0.2, -0.15) is 4.98 Å². The molecule has 1 N–H and O–H groups in total. The normalized spacial score (nSPS) is 10.2. The van der Waals surface area contributed by atoms with Crippen LogP contribution in [0.4, 0.5) is 11.7 Å². The number of rotatable bonds is 5. The maximum absolute atomic E-state index is 11.4. The van der Waals surface area contributed by atoms with Gasteiger partial charge in [0, 0.05) is 5.69 Å². The summed E-state index contributed by atoms with van der Waals surface area (Å²) in [4.78, 5) is 15.4. The third kappa shape index (κ3) is 3.34. The minimum atomic E-state index is -0.486. The summed E-state index contributed by atoms with van der Waals surface area (Å²) in [6.45, 7) is 4.15. The molecule has 1 aromatic carbocycles. The molecule has 100 valence electrons. The molecule has 0 spiro atoms. The number of anilines is 2. The first-order valence-electron chi connectivity index (χ1n) is 6.21. The predicted octanol–water partition coefficient (Wildman–Crippen LogP) is 3.16. The van der Waals surface area contributed by atoms with Gasteiger partial charge in [-0.3, -0.25) is 0 Å². The van der Waals surface area contributed by atoms with Crippen LogP contribution in [0.3, 0.4) is 0 Å². The molecule has 0 unspecified atom stereocenters. The molecule has 0 aliphatic carbocycles. The maximum Gasteiger partial charge on any atom is 0.360 e. The summed E-state index contributed by atoms with van der Waals surface area (Å²) < 4.78 is 10.0. The molecule has 0 aliphatic heterocycles. The van der Waals surface area contributed by atoms with Crippen molar-refractivity contribution in [2.24, 2.45) is 0 Å². The van der Waals surface area contributed by atoms with Gasteiger partial charge in [0.2, 0.25) is 0 Å². The average molecular weight is 260 g/mol. The standard InChI is InChI=1S/C14H16N2O3/c1-3-10-5-7-11(8-6-10)15-14-16-12(9-19-14)13(17)18-4-2/h5-9H,3-4H2,1-2H3,(H,15,16). The van der Waals surface area contributed by atoms with Gasteiger partial charge >= 0.3 is 5.97 Å². The minimum absolute atomic E-state index is 0.162. The first-order valence-corrected chi connectivity index (χ1v) is 6.21. The first-order chi connectivity index (χ1) is 9.22. The molecule has 0 amide bonds. The van der Waals surface area contributed by atoms with Crippen LogP contribution in [-0.2, 0) is 11.2 Å². The Morgan fingerprint density at radius 1 is 1.32 bits per heavy atom. The molecule has 0 bridgehead atoms. The second-order valence-electron chi connectivity index (χ2n) is 3.93. The second-order valence-corrected chi connectivity index (χ2v) is 3.93. The largest absolute Gasteiger partial charge is 0.461 e. The Balaban J connectivity index is 2.04. The highest BCUT2D eigenvalue weighted by molar-refractivity contribution is 5.87. The lowest BCUT2D eigenvalue weighted by Crippen LogP contribution is -2.04. The zero-order chi connectivity index (χ0) is 13.7. The van der Waals surface area contributed by atoms with Gasteiger partial charge in [0.05, 0.1) is 6.61 Å². The molecule has 2 aromatic rings. The molecule has 0 saturated carbocycles. The summed E-state index contributed by atoms with van der Waals surface area (Å²) in [6.07, 6.45) is 2.27. The maximum atomic E-state index is 11.4. The van der Waals surface area contributed by atoms with Crippen molar-refractivity contribution in [1.29, 1.82) is 0 Å². The monoisotopic (exact) mass is 260 g/mol. The third-order valence-electron chi connectivity index (χ3n) is 2.60. The van der Waals surface area contributed by atoms with Crippen molar-refractivity contribution in [2.45, 2.75) is 20.3 Å². The molecule has 5 heteroatoms. The molecular formula is C14H16N2O3. The molecular weight excluding hydrogens is 244 g/mol. The number of hydrogen-bond acceptors (Lipinski definition) is 5. The molecule has 5 nitrogen and oxygen atoms in total. The number of nitrogens with one attached hydrogen (secondary N) is 1. The molecule has 0 aliphatic rings. The van der Waals surface area contributed by atoms with Gasteiger partial charge in [0.25, 0.3) is 6.01 Å². The Morgan fingerprint density at radius 2 is 2.05 bits per heavy atom. The van der Waals surface area contributed by atoms with E-state index in [-0.39, 0.29) is 11.7 Å². The van der Waals surface area contributed by atoms with Gasteiger partial charge in [-0.15, -0.1) is 0 Å². The van der Waals surface area contributed by atoms with E-state index in [0.29, 0.717) is 6.61 Å². The molecule has 1 heterocycles. The molecule has 0 atom stereocenters. The highest BCUT2D eigenvalue weighted by Gasteiger charge is 2.12. The zero-order valence-corrected chi connectivity index (χ0v) is 11.0. The molecule has 2 rings (SSSR count).